The van der Waals surface area contributed by atoms with Crippen molar-refractivity contribution in [1.82, 2.24) is 4.90 Å². The SMILES string of the molecule is Cc1cccc([N+](=O)[O-])c1N1CCN(CCC(=O)O)CC1. The smallest absolute Gasteiger partial charge is 0.304 e. The van der Waals surface area contributed by atoms with Crippen LogP contribution in [-0.4, -0.2) is 53.6 Å². The lowest BCUT2D eigenvalue weighted by Crippen LogP contribution is -2.47. The Morgan fingerprint density at radius 3 is 2.57 bits per heavy atom. The van der Waals surface area contributed by atoms with Crippen molar-refractivity contribution in [3.63, 3.8) is 0 Å². The Morgan fingerprint density at radius 2 is 2.00 bits per heavy atom. The van der Waals surface area contributed by atoms with Crippen molar-refractivity contribution in [2.24, 2.45) is 0 Å². The van der Waals surface area contributed by atoms with Crippen molar-refractivity contribution < 1.29 is 14.8 Å². The molecule has 0 unspecified atom stereocenters. The maximum Gasteiger partial charge on any atom is 0.304 e. The van der Waals surface area contributed by atoms with Gasteiger partial charge in [-0.3, -0.25) is 19.8 Å². The maximum atomic E-state index is 11.2. The number of para-hydroxylation sites is 1. The lowest BCUT2D eigenvalue weighted by atomic mass is 10.1. The minimum absolute atomic E-state index is 0.129. The molecular weight excluding hydrogens is 274 g/mol. The number of carboxylic acid groups (broad SMARTS) is 1. The normalized spacial score (nSPS) is 16.0. The molecule has 1 saturated heterocycles. The van der Waals surface area contributed by atoms with E-state index in [0.717, 1.165) is 18.7 Å². The Hall–Kier alpha value is -2.15. The van der Waals surface area contributed by atoms with Crippen LogP contribution in [0.5, 0.6) is 0 Å². The molecule has 1 aliphatic heterocycles. The van der Waals surface area contributed by atoms with Crippen molar-refractivity contribution in [1.29, 1.82) is 0 Å². The third-order valence-corrected chi connectivity index (χ3v) is 3.74. The van der Waals surface area contributed by atoms with Gasteiger partial charge in [0.15, 0.2) is 0 Å². The van der Waals surface area contributed by atoms with Crippen molar-refractivity contribution in [2.45, 2.75) is 13.3 Å². The van der Waals surface area contributed by atoms with Crippen LogP contribution >= 0.6 is 0 Å². The number of nitro benzene ring substituents is 1. The van der Waals surface area contributed by atoms with Gasteiger partial charge in [-0.05, 0) is 12.5 Å². The number of aliphatic carboxylic acids is 1. The van der Waals surface area contributed by atoms with Crippen LogP contribution in [0.1, 0.15) is 12.0 Å². The Balaban J connectivity index is 2.06. The van der Waals surface area contributed by atoms with Gasteiger partial charge in [0, 0.05) is 38.8 Å². The fourth-order valence-corrected chi connectivity index (χ4v) is 2.65. The van der Waals surface area contributed by atoms with E-state index in [4.69, 9.17) is 5.11 Å². The van der Waals surface area contributed by atoms with Crippen molar-refractivity contribution in [2.75, 3.05) is 37.6 Å². The maximum absolute atomic E-state index is 11.2. The van der Waals surface area contributed by atoms with E-state index < -0.39 is 5.97 Å². The van der Waals surface area contributed by atoms with Crippen LogP contribution in [0.4, 0.5) is 11.4 Å². The molecule has 0 aliphatic carbocycles. The predicted molar refractivity (Wildman–Crippen MR) is 78.7 cm³/mol. The van der Waals surface area contributed by atoms with Gasteiger partial charge in [-0.15, -0.1) is 0 Å². The second-order valence-corrected chi connectivity index (χ2v) is 5.17. The van der Waals surface area contributed by atoms with Crippen LogP contribution in [0.3, 0.4) is 0 Å². The summed E-state index contributed by atoms with van der Waals surface area (Å²) in [6.45, 7) is 5.19. The van der Waals surface area contributed by atoms with Gasteiger partial charge >= 0.3 is 5.97 Å². The Labute approximate surface area is 122 Å². The molecular formula is C14H19N3O4. The molecule has 7 heteroatoms. The van der Waals surface area contributed by atoms with E-state index in [1.165, 1.54) is 6.07 Å². The highest BCUT2D eigenvalue weighted by atomic mass is 16.6. The van der Waals surface area contributed by atoms with Crippen LogP contribution in [0.2, 0.25) is 0 Å². The molecule has 0 atom stereocenters. The topological polar surface area (TPSA) is 86.9 Å². The zero-order valence-electron chi connectivity index (χ0n) is 12.0. The summed E-state index contributed by atoms with van der Waals surface area (Å²) in [5, 5.41) is 19.9. The second-order valence-electron chi connectivity index (χ2n) is 5.17. The number of nitrogens with zero attached hydrogens (tertiary/aromatic N) is 3. The molecule has 0 spiro atoms. The van der Waals surface area contributed by atoms with E-state index in [1.54, 1.807) is 6.07 Å². The average molecular weight is 293 g/mol. The number of carbonyl (C=O) groups is 1. The van der Waals surface area contributed by atoms with Crippen molar-refractivity contribution in [3.05, 3.63) is 33.9 Å². The van der Waals surface area contributed by atoms with E-state index in [9.17, 15) is 14.9 Å². The first-order valence-electron chi connectivity index (χ1n) is 6.92. The van der Waals surface area contributed by atoms with Crippen LogP contribution < -0.4 is 4.90 Å². The zero-order valence-corrected chi connectivity index (χ0v) is 12.0. The van der Waals surface area contributed by atoms with Gasteiger partial charge in [0.2, 0.25) is 0 Å². The number of benzene rings is 1. The van der Waals surface area contributed by atoms with Gasteiger partial charge in [0.1, 0.15) is 5.69 Å². The molecule has 1 aromatic carbocycles. The van der Waals surface area contributed by atoms with Crippen LogP contribution in [0.25, 0.3) is 0 Å². The molecule has 21 heavy (non-hydrogen) atoms. The fourth-order valence-electron chi connectivity index (χ4n) is 2.65. The van der Waals surface area contributed by atoms with Gasteiger partial charge in [-0.1, -0.05) is 12.1 Å². The summed E-state index contributed by atoms with van der Waals surface area (Å²) in [6, 6.07) is 5.10. The van der Waals surface area contributed by atoms with E-state index in [-0.39, 0.29) is 17.0 Å². The minimum Gasteiger partial charge on any atom is -0.481 e. The molecule has 0 amide bonds. The van der Waals surface area contributed by atoms with E-state index in [2.05, 4.69) is 4.90 Å². The van der Waals surface area contributed by atoms with Crippen molar-refractivity contribution in [3.8, 4) is 0 Å². The summed E-state index contributed by atoms with van der Waals surface area (Å²) in [5.74, 6) is -0.799. The fraction of sp³-hybridized carbons (Fsp3) is 0.500. The summed E-state index contributed by atoms with van der Waals surface area (Å²) in [4.78, 5) is 25.5. The third-order valence-electron chi connectivity index (χ3n) is 3.74. The number of carboxylic acids is 1. The highest BCUT2D eigenvalue weighted by Gasteiger charge is 2.25. The standard InChI is InChI=1S/C14H19N3O4/c1-11-3-2-4-12(17(20)21)14(11)16-9-7-15(8-10-16)6-5-13(18)19/h2-4H,5-10H2,1H3,(H,18,19). The number of hydrogen-bond donors (Lipinski definition) is 1. The van der Waals surface area contributed by atoms with E-state index >= 15 is 0 Å². The Morgan fingerprint density at radius 1 is 1.33 bits per heavy atom. The van der Waals surface area contributed by atoms with Crippen molar-refractivity contribution >= 4 is 17.3 Å². The first-order valence-corrected chi connectivity index (χ1v) is 6.92. The second kappa shape index (κ2) is 6.53. The average Bonchev–Trinajstić information content (AvgIpc) is 2.45. The molecule has 1 aromatic rings. The lowest BCUT2D eigenvalue weighted by molar-refractivity contribution is -0.384. The zero-order chi connectivity index (χ0) is 15.4. The van der Waals surface area contributed by atoms with Gasteiger partial charge in [-0.25, -0.2) is 0 Å². The van der Waals surface area contributed by atoms with Crippen LogP contribution in [-0.2, 0) is 4.79 Å². The van der Waals surface area contributed by atoms with Gasteiger partial charge < -0.3 is 10.0 Å². The van der Waals surface area contributed by atoms with Crippen LogP contribution in [0.15, 0.2) is 18.2 Å². The number of rotatable bonds is 5. The summed E-state index contributed by atoms with van der Waals surface area (Å²) in [5.41, 5.74) is 1.71. The molecule has 0 radical (unpaired) electrons. The van der Waals surface area contributed by atoms with Gasteiger partial charge in [-0.2, -0.15) is 0 Å². The number of hydrogen-bond acceptors (Lipinski definition) is 5. The summed E-state index contributed by atoms with van der Waals surface area (Å²) in [7, 11) is 0. The molecule has 1 N–H and O–H groups in total. The molecule has 0 aromatic heterocycles. The molecule has 0 saturated carbocycles. The summed E-state index contributed by atoms with van der Waals surface area (Å²) < 4.78 is 0. The minimum atomic E-state index is -0.799. The van der Waals surface area contributed by atoms with Crippen LogP contribution in [0, 0.1) is 17.0 Å². The lowest BCUT2D eigenvalue weighted by Gasteiger charge is -2.36. The highest BCUT2D eigenvalue weighted by Crippen LogP contribution is 2.32. The molecule has 1 aliphatic rings. The highest BCUT2D eigenvalue weighted by molar-refractivity contribution is 5.68. The third kappa shape index (κ3) is 3.69. The Bertz CT molecular complexity index is 539. The van der Waals surface area contributed by atoms with E-state index in [0.29, 0.717) is 25.3 Å². The van der Waals surface area contributed by atoms with E-state index in [1.807, 2.05) is 17.9 Å². The monoisotopic (exact) mass is 293 g/mol. The first-order chi connectivity index (χ1) is 9.99. The number of piperazine rings is 1. The number of anilines is 1. The number of aryl methyl sites for hydroxylation is 1. The predicted octanol–water partition coefficient (Wildman–Crippen LogP) is 1.50. The molecule has 1 fully saturated rings. The first kappa shape index (κ1) is 15.2. The molecule has 1 heterocycles. The van der Waals surface area contributed by atoms with Gasteiger partial charge in [0.05, 0.1) is 11.3 Å². The molecule has 114 valence electrons. The molecule has 2 rings (SSSR count). The molecule has 0 bridgehead atoms. The largest absolute Gasteiger partial charge is 0.481 e. The summed E-state index contributed by atoms with van der Waals surface area (Å²) in [6.07, 6.45) is 0.129. The van der Waals surface area contributed by atoms with Gasteiger partial charge in [0.25, 0.3) is 5.69 Å². The molecule has 7 nitrogen and oxygen atoms in total. The summed E-state index contributed by atoms with van der Waals surface area (Å²) >= 11 is 0. The quantitative estimate of drug-likeness (QED) is 0.654. The Kier molecular flexibility index (Phi) is 4.74. The number of nitro groups is 1.